The van der Waals surface area contributed by atoms with Crippen LogP contribution in [0, 0.1) is 26.2 Å². The Labute approximate surface area is 211 Å². The van der Waals surface area contributed by atoms with E-state index in [9.17, 15) is 9.90 Å². The van der Waals surface area contributed by atoms with E-state index in [2.05, 4.69) is 56.5 Å². The first kappa shape index (κ1) is 26.5. The number of ether oxygens (including phenoxy) is 1. The van der Waals surface area contributed by atoms with Crippen molar-refractivity contribution in [3.8, 4) is 17.1 Å². The number of aryl methyl sites for hydroxylation is 2. The molecule has 0 aliphatic heterocycles. The van der Waals surface area contributed by atoms with E-state index in [0.29, 0.717) is 18.4 Å². The lowest BCUT2D eigenvalue weighted by molar-refractivity contribution is 0.0696. The minimum atomic E-state index is -0.973. The summed E-state index contributed by atoms with van der Waals surface area (Å²) >= 11 is 1.25. The second-order valence-electron chi connectivity index (χ2n) is 9.97. The van der Waals surface area contributed by atoms with E-state index in [1.807, 2.05) is 19.1 Å². The van der Waals surface area contributed by atoms with Crippen molar-refractivity contribution in [3.05, 3.63) is 64.7 Å². The number of nitrogens with zero attached hydrogens (tertiary/aromatic N) is 2. The number of nitrogens with one attached hydrogen (secondary N) is 1. The highest BCUT2D eigenvalue weighted by atomic mass is 32.2. The Hall–Kier alpha value is -3.10. The van der Waals surface area contributed by atoms with E-state index in [0.717, 1.165) is 39.3 Å². The number of benzene rings is 2. The number of aromatic carboxylic acids is 1. The maximum absolute atomic E-state index is 11.3. The maximum atomic E-state index is 11.3. The molecule has 0 unspecified atom stereocenters. The second-order valence-corrected chi connectivity index (χ2v) is 10.8. The summed E-state index contributed by atoms with van der Waals surface area (Å²) in [5.74, 6) is -0.124. The summed E-state index contributed by atoms with van der Waals surface area (Å²) in [6.07, 6.45) is 0.821. The smallest absolute Gasteiger partial charge is 0.335 e. The molecule has 4 N–H and O–H groups in total. The van der Waals surface area contributed by atoms with Gasteiger partial charge in [0.05, 0.1) is 11.3 Å². The van der Waals surface area contributed by atoms with Gasteiger partial charge in [0.25, 0.3) is 0 Å². The first-order valence-corrected chi connectivity index (χ1v) is 12.4. The lowest BCUT2D eigenvalue weighted by Gasteiger charge is -2.23. The fourth-order valence-corrected chi connectivity index (χ4v) is 4.58. The Bertz CT molecular complexity index is 1190. The monoisotopic (exact) mass is 494 g/mol. The molecule has 8 heteroatoms. The molecular formula is C27H34N4O3S. The molecule has 35 heavy (non-hydrogen) atoms. The topological polar surface area (TPSA) is 110 Å². The van der Waals surface area contributed by atoms with Crippen LogP contribution in [0.1, 0.15) is 54.2 Å². The minimum absolute atomic E-state index is 0.0980. The molecule has 0 radical (unpaired) electrons. The predicted octanol–water partition coefficient (Wildman–Crippen LogP) is 6.03. The van der Waals surface area contributed by atoms with Gasteiger partial charge < -0.3 is 15.6 Å². The van der Waals surface area contributed by atoms with Crippen LogP contribution in [0.2, 0.25) is 0 Å². The van der Waals surface area contributed by atoms with Crippen molar-refractivity contribution in [2.24, 2.45) is 11.1 Å². The molecule has 1 aromatic heterocycles. The zero-order chi connectivity index (χ0) is 25.8. The van der Waals surface area contributed by atoms with Crippen LogP contribution in [0.4, 0.5) is 5.95 Å². The van der Waals surface area contributed by atoms with Gasteiger partial charge in [0.2, 0.25) is 11.8 Å². The lowest BCUT2D eigenvalue weighted by atomic mass is 9.89. The number of rotatable bonds is 9. The Kier molecular flexibility index (Phi) is 8.40. The Balaban J connectivity index is 1.94. The van der Waals surface area contributed by atoms with Gasteiger partial charge in [0.15, 0.2) is 0 Å². The van der Waals surface area contributed by atoms with Crippen LogP contribution in [0.15, 0.2) is 47.4 Å². The zero-order valence-electron chi connectivity index (χ0n) is 21.2. The molecule has 3 aromatic rings. The fraction of sp³-hybridized carbons (Fsp3) is 0.370. The van der Waals surface area contributed by atoms with Gasteiger partial charge in [-0.3, -0.25) is 4.72 Å². The molecule has 3 rings (SSSR count). The van der Waals surface area contributed by atoms with Gasteiger partial charge in [-0.1, -0.05) is 45.0 Å². The van der Waals surface area contributed by atoms with E-state index >= 15 is 0 Å². The van der Waals surface area contributed by atoms with Crippen molar-refractivity contribution < 1.29 is 14.6 Å². The van der Waals surface area contributed by atoms with Crippen molar-refractivity contribution in [3.63, 3.8) is 0 Å². The largest absolute Gasteiger partial charge is 0.478 e. The summed E-state index contributed by atoms with van der Waals surface area (Å²) in [5.41, 5.74) is 11.5. The lowest BCUT2D eigenvalue weighted by Crippen LogP contribution is -2.32. The first-order chi connectivity index (χ1) is 16.4. The molecule has 0 saturated heterocycles. The third-order valence-electron chi connectivity index (χ3n) is 5.47. The first-order valence-electron chi connectivity index (χ1n) is 11.5. The van der Waals surface area contributed by atoms with Gasteiger partial charge in [-0.15, -0.1) is 0 Å². The van der Waals surface area contributed by atoms with E-state index in [-0.39, 0.29) is 17.0 Å². The standard InChI is InChI=1S/C27H34N4O3S/c1-16-9-7-10-17(2)22(16)23-18(3)24(34-15-20(28)14-27(4,5)6)30-26(29-23)31-35-21-12-8-11-19(13-21)25(32)33/h7-13,20H,14-15,28H2,1-6H3,(H,32,33)(H,29,30,31)/t20-/m1/s1. The number of aromatic nitrogens is 2. The number of nitrogens with two attached hydrogens (primary N) is 1. The molecule has 0 amide bonds. The maximum Gasteiger partial charge on any atom is 0.335 e. The van der Waals surface area contributed by atoms with Crippen LogP contribution in [-0.2, 0) is 0 Å². The molecule has 7 nitrogen and oxygen atoms in total. The Morgan fingerprint density at radius 3 is 2.40 bits per heavy atom. The highest BCUT2D eigenvalue weighted by Gasteiger charge is 2.20. The van der Waals surface area contributed by atoms with Gasteiger partial charge >= 0.3 is 5.97 Å². The molecule has 0 fully saturated rings. The van der Waals surface area contributed by atoms with Gasteiger partial charge in [-0.25, -0.2) is 9.78 Å². The molecule has 0 saturated carbocycles. The summed E-state index contributed by atoms with van der Waals surface area (Å²) in [6, 6.07) is 12.7. The van der Waals surface area contributed by atoms with Crippen LogP contribution >= 0.6 is 11.9 Å². The molecule has 0 aliphatic carbocycles. The molecule has 0 bridgehead atoms. The van der Waals surface area contributed by atoms with Crippen molar-refractivity contribution in [1.29, 1.82) is 0 Å². The van der Waals surface area contributed by atoms with Crippen molar-refractivity contribution in [2.75, 3.05) is 11.3 Å². The van der Waals surface area contributed by atoms with Crippen molar-refractivity contribution in [2.45, 2.75) is 58.9 Å². The number of hydrogen-bond acceptors (Lipinski definition) is 7. The average Bonchev–Trinajstić information content (AvgIpc) is 2.77. The average molecular weight is 495 g/mol. The van der Waals surface area contributed by atoms with E-state index in [4.69, 9.17) is 15.5 Å². The summed E-state index contributed by atoms with van der Waals surface area (Å²) < 4.78 is 9.29. The second kappa shape index (κ2) is 11.1. The molecule has 1 atom stereocenters. The number of hydrogen-bond donors (Lipinski definition) is 3. The predicted molar refractivity (Wildman–Crippen MR) is 142 cm³/mol. The third-order valence-corrected chi connectivity index (χ3v) is 6.24. The third kappa shape index (κ3) is 7.19. The van der Waals surface area contributed by atoms with Crippen molar-refractivity contribution >= 4 is 23.9 Å². The summed E-state index contributed by atoms with van der Waals surface area (Å²) in [6.45, 7) is 12.9. The summed E-state index contributed by atoms with van der Waals surface area (Å²) in [7, 11) is 0. The van der Waals surface area contributed by atoms with Crippen molar-refractivity contribution in [1.82, 2.24) is 9.97 Å². The van der Waals surface area contributed by atoms with Gasteiger partial charge in [-0.05, 0) is 73.9 Å². The van der Waals surface area contributed by atoms with Gasteiger partial charge in [0, 0.05) is 22.1 Å². The molecule has 0 aliphatic rings. The zero-order valence-corrected chi connectivity index (χ0v) is 22.0. The quantitative estimate of drug-likeness (QED) is 0.309. The number of carbonyl (C=O) groups is 1. The van der Waals surface area contributed by atoms with Crippen LogP contribution in [0.25, 0.3) is 11.3 Å². The van der Waals surface area contributed by atoms with Gasteiger partial charge in [0.1, 0.15) is 6.61 Å². The normalized spacial score (nSPS) is 12.3. The van der Waals surface area contributed by atoms with Crippen LogP contribution < -0.4 is 15.2 Å². The number of anilines is 1. The SMILES string of the molecule is Cc1cccc(C)c1-c1nc(NSc2cccc(C(=O)O)c2)nc(OC[C@H](N)CC(C)(C)C)c1C. The number of carboxylic acids is 1. The molecular weight excluding hydrogens is 460 g/mol. The molecule has 2 aromatic carbocycles. The highest BCUT2D eigenvalue weighted by molar-refractivity contribution is 8.00. The van der Waals surface area contributed by atoms with E-state index in [1.165, 1.54) is 11.9 Å². The number of carboxylic acid groups (broad SMARTS) is 1. The Morgan fingerprint density at radius 2 is 1.77 bits per heavy atom. The van der Waals surface area contributed by atoms with Gasteiger partial charge in [-0.2, -0.15) is 4.98 Å². The van der Waals surface area contributed by atoms with Crippen LogP contribution in [0.5, 0.6) is 5.88 Å². The molecule has 186 valence electrons. The fourth-order valence-electron chi connectivity index (χ4n) is 3.94. The molecule has 1 heterocycles. The summed E-state index contributed by atoms with van der Waals surface area (Å²) in [5, 5.41) is 9.27. The van der Waals surface area contributed by atoms with E-state index < -0.39 is 5.97 Å². The Morgan fingerprint density at radius 1 is 1.11 bits per heavy atom. The van der Waals surface area contributed by atoms with Crippen LogP contribution in [-0.4, -0.2) is 33.7 Å². The van der Waals surface area contributed by atoms with E-state index in [1.54, 1.807) is 18.2 Å². The minimum Gasteiger partial charge on any atom is -0.478 e. The molecule has 0 spiro atoms. The highest BCUT2D eigenvalue weighted by Crippen LogP contribution is 2.34. The van der Waals surface area contributed by atoms with Crippen LogP contribution in [0.3, 0.4) is 0 Å². The summed E-state index contributed by atoms with van der Waals surface area (Å²) in [4.78, 5) is 21.5.